The molecule has 0 saturated carbocycles. The first kappa shape index (κ1) is 12.2. The van der Waals surface area contributed by atoms with Crippen LogP contribution in [0.1, 0.15) is 18.9 Å². The van der Waals surface area contributed by atoms with Crippen LogP contribution in [0.15, 0.2) is 18.2 Å². The third-order valence-corrected chi connectivity index (χ3v) is 3.78. The molecule has 0 radical (unpaired) electrons. The van der Waals surface area contributed by atoms with Gasteiger partial charge in [-0.05, 0) is 53.6 Å². The number of nitrogens with two attached hydrogens (primary N) is 1. The first-order chi connectivity index (χ1) is 6.47. The van der Waals surface area contributed by atoms with Crippen molar-refractivity contribution in [3.8, 4) is 0 Å². The summed E-state index contributed by atoms with van der Waals surface area (Å²) >= 11 is 8.16. The molecule has 0 saturated heterocycles. The van der Waals surface area contributed by atoms with Crippen LogP contribution in [-0.4, -0.2) is 11.7 Å². The SMILES string of the molecule is C[C@@](N)(CCO)c1ccc(I)c(Cl)c1. The van der Waals surface area contributed by atoms with Gasteiger partial charge in [0.1, 0.15) is 0 Å². The van der Waals surface area contributed by atoms with Crippen molar-refractivity contribution in [1.29, 1.82) is 0 Å². The van der Waals surface area contributed by atoms with Crippen molar-refractivity contribution >= 4 is 34.2 Å². The highest BCUT2D eigenvalue weighted by Gasteiger charge is 2.20. The normalized spacial score (nSPS) is 15.2. The highest BCUT2D eigenvalue weighted by molar-refractivity contribution is 14.1. The Kier molecular flexibility index (Phi) is 4.18. The lowest BCUT2D eigenvalue weighted by Gasteiger charge is -2.24. The summed E-state index contributed by atoms with van der Waals surface area (Å²) in [5.41, 5.74) is 6.49. The van der Waals surface area contributed by atoms with Crippen LogP contribution in [-0.2, 0) is 5.54 Å². The predicted molar refractivity (Wildman–Crippen MR) is 67.4 cm³/mol. The third-order valence-electron chi connectivity index (χ3n) is 2.21. The lowest BCUT2D eigenvalue weighted by molar-refractivity contribution is 0.247. The van der Waals surface area contributed by atoms with Crippen molar-refractivity contribution in [2.24, 2.45) is 5.73 Å². The average Bonchev–Trinajstić information content (AvgIpc) is 2.09. The number of aliphatic hydroxyl groups excluding tert-OH is 1. The summed E-state index contributed by atoms with van der Waals surface area (Å²) in [5, 5.41) is 9.58. The van der Waals surface area contributed by atoms with Crippen LogP contribution in [0, 0.1) is 3.57 Å². The second-order valence-electron chi connectivity index (χ2n) is 3.52. The minimum atomic E-state index is -0.511. The molecular weight excluding hydrogens is 312 g/mol. The van der Waals surface area contributed by atoms with E-state index in [-0.39, 0.29) is 6.61 Å². The quantitative estimate of drug-likeness (QED) is 0.839. The minimum absolute atomic E-state index is 0.0800. The second-order valence-corrected chi connectivity index (χ2v) is 5.09. The van der Waals surface area contributed by atoms with Gasteiger partial charge in [-0.3, -0.25) is 0 Å². The van der Waals surface area contributed by atoms with Crippen LogP contribution in [0.4, 0.5) is 0 Å². The molecule has 0 aromatic heterocycles. The fourth-order valence-corrected chi connectivity index (χ4v) is 1.74. The van der Waals surface area contributed by atoms with Gasteiger partial charge in [-0.15, -0.1) is 0 Å². The van der Waals surface area contributed by atoms with Gasteiger partial charge in [0.15, 0.2) is 0 Å². The Labute approximate surface area is 103 Å². The monoisotopic (exact) mass is 325 g/mol. The molecule has 3 N–H and O–H groups in total. The van der Waals surface area contributed by atoms with Gasteiger partial charge in [0.05, 0.1) is 5.02 Å². The van der Waals surface area contributed by atoms with Crippen LogP contribution in [0.2, 0.25) is 5.02 Å². The summed E-state index contributed by atoms with van der Waals surface area (Å²) in [4.78, 5) is 0. The summed E-state index contributed by atoms with van der Waals surface area (Å²) in [6.45, 7) is 1.97. The van der Waals surface area contributed by atoms with E-state index in [0.29, 0.717) is 11.4 Å². The van der Waals surface area contributed by atoms with Crippen LogP contribution < -0.4 is 5.73 Å². The molecule has 0 spiro atoms. The van der Waals surface area contributed by atoms with E-state index in [1.807, 2.05) is 25.1 Å². The van der Waals surface area contributed by atoms with Gasteiger partial charge < -0.3 is 10.8 Å². The molecule has 1 aromatic carbocycles. The predicted octanol–water partition coefficient (Wildman–Crippen LogP) is 2.50. The number of halogens is 2. The number of hydrogen-bond donors (Lipinski definition) is 2. The molecule has 14 heavy (non-hydrogen) atoms. The molecule has 0 unspecified atom stereocenters. The van der Waals surface area contributed by atoms with Crippen molar-refractivity contribution in [3.63, 3.8) is 0 Å². The lowest BCUT2D eigenvalue weighted by Crippen LogP contribution is -2.34. The first-order valence-corrected chi connectivity index (χ1v) is 5.78. The molecule has 0 heterocycles. The number of rotatable bonds is 3. The largest absolute Gasteiger partial charge is 0.396 e. The summed E-state index contributed by atoms with van der Waals surface area (Å²) in [6, 6.07) is 5.74. The van der Waals surface area contributed by atoms with E-state index in [1.54, 1.807) is 0 Å². The Balaban J connectivity index is 3.01. The van der Waals surface area contributed by atoms with Gasteiger partial charge in [-0.1, -0.05) is 17.7 Å². The summed E-state index contributed by atoms with van der Waals surface area (Å²) in [6.07, 6.45) is 0.532. The molecule has 0 aliphatic carbocycles. The summed E-state index contributed by atoms with van der Waals surface area (Å²) in [7, 11) is 0. The molecule has 4 heteroatoms. The fourth-order valence-electron chi connectivity index (χ4n) is 1.23. The van der Waals surface area contributed by atoms with Crippen LogP contribution in [0.5, 0.6) is 0 Å². The van der Waals surface area contributed by atoms with E-state index in [0.717, 1.165) is 9.13 Å². The molecule has 2 nitrogen and oxygen atoms in total. The van der Waals surface area contributed by atoms with Gasteiger partial charge in [-0.2, -0.15) is 0 Å². The highest BCUT2D eigenvalue weighted by Crippen LogP contribution is 2.27. The number of benzene rings is 1. The molecule has 78 valence electrons. The summed E-state index contributed by atoms with van der Waals surface area (Å²) < 4.78 is 1.01. The highest BCUT2D eigenvalue weighted by atomic mass is 127. The Morgan fingerprint density at radius 3 is 2.71 bits per heavy atom. The molecule has 0 fully saturated rings. The molecule has 1 rings (SSSR count). The van der Waals surface area contributed by atoms with Crippen LogP contribution >= 0.6 is 34.2 Å². The zero-order chi connectivity index (χ0) is 10.8. The molecule has 0 bridgehead atoms. The van der Waals surface area contributed by atoms with Gasteiger partial charge in [0.2, 0.25) is 0 Å². The maximum Gasteiger partial charge on any atom is 0.0542 e. The Hall–Kier alpha value is 0.160. The van der Waals surface area contributed by atoms with Crippen molar-refractivity contribution in [2.75, 3.05) is 6.61 Å². The number of hydrogen-bond acceptors (Lipinski definition) is 2. The Morgan fingerprint density at radius 1 is 1.57 bits per heavy atom. The standard InChI is InChI=1S/C10H13ClINO/c1-10(13,4-5-14)7-2-3-9(12)8(11)6-7/h2-3,6,14H,4-5,13H2,1H3/t10-/m1/s1. The van der Waals surface area contributed by atoms with Gasteiger partial charge >= 0.3 is 0 Å². The smallest absolute Gasteiger partial charge is 0.0542 e. The second kappa shape index (κ2) is 4.79. The van der Waals surface area contributed by atoms with E-state index in [1.165, 1.54) is 0 Å². The first-order valence-electron chi connectivity index (χ1n) is 4.32. The van der Waals surface area contributed by atoms with Crippen LogP contribution in [0.3, 0.4) is 0 Å². The van der Waals surface area contributed by atoms with Gasteiger partial charge in [0, 0.05) is 15.7 Å². The Morgan fingerprint density at radius 2 is 2.21 bits per heavy atom. The maximum atomic E-state index is 8.87. The van der Waals surface area contributed by atoms with Crippen molar-refractivity contribution in [2.45, 2.75) is 18.9 Å². The summed E-state index contributed by atoms with van der Waals surface area (Å²) in [5.74, 6) is 0. The topological polar surface area (TPSA) is 46.2 Å². The average molecular weight is 326 g/mol. The molecular formula is C10H13ClINO. The molecule has 1 aromatic rings. The molecule has 0 amide bonds. The lowest BCUT2D eigenvalue weighted by atomic mass is 9.90. The van der Waals surface area contributed by atoms with Crippen molar-refractivity contribution in [3.05, 3.63) is 32.4 Å². The zero-order valence-corrected chi connectivity index (χ0v) is 10.8. The van der Waals surface area contributed by atoms with E-state index < -0.39 is 5.54 Å². The Bertz CT molecular complexity index is 328. The van der Waals surface area contributed by atoms with Gasteiger partial charge in [-0.25, -0.2) is 0 Å². The maximum absolute atomic E-state index is 8.87. The van der Waals surface area contributed by atoms with Crippen molar-refractivity contribution in [1.82, 2.24) is 0 Å². The number of aliphatic hydroxyl groups is 1. The van der Waals surface area contributed by atoms with E-state index in [9.17, 15) is 0 Å². The van der Waals surface area contributed by atoms with Gasteiger partial charge in [0.25, 0.3) is 0 Å². The zero-order valence-electron chi connectivity index (χ0n) is 7.93. The van der Waals surface area contributed by atoms with Crippen molar-refractivity contribution < 1.29 is 5.11 Å². The van der Waals surface area contributed by atoms with E-state index in [2.05, 4.69) is 22.6 Å². The van der Waals surface area contributed by atoms with E-state index in [4.69, 9.17) is 22.4 Å². The molecule has 0 aliphatic heterocycles. The molecule has 1 atom stereocenters. The third kappa shape index (κ3) is 2.82. The molecule has 0 aliphatic rings. The van der Waals surface area contributed by atoms with E-state index >= 15 is 0 Å². The fraction of sp³-hybridized carbons (Fsp3) is 0.400. The minimum Gasteiger partial charge on any atom is -0.396 e. The van der Waals surface area contributed by atoms with Crippen LogP contribution in [0.25, 0.3) is 0 Å².